The standard InChI is InChI=1S/C14H14N2OS/c1-10-8-9-13(18-10)11(2)15-16-14(17)12-6-4-3-5-7-12/h3-9H,1-2H3,(H,16,17). The molecule has 1 heterocycles. The number of carbonyl (C=O) groups is 1. The summed E-state index contributed by atoms with van der Waals surface area (Å²) in [4.78, 5) is 14.1. The Morgan fingerprint density at radius 2 is 1.89 bits per heavy atom. The summed E-state index contributed by atoms with van der Waals surface area (Å²) in [6.07, 6.45) is 0. The predicted octanol–water partition coefficient (Wildman–Crippen LogP) is 3.21. The second kappa shape index (κ2) is 5.60. The number of rotatable bonds is 3. The van der Waals surface area contributed by atoms with Gasteiger partial charge in [-0.1, -0.05) is 18.2 Å². The highest BCUT2D eigenvalue weighted by Gasteiger charge is 2.04. The van der Waals surface area contributed by atoms with Gasteiger partial charge in [-0.25, -0.2) is 5.43 Å². The normalized spacial score (nSPS) is 11.3. The lowest BCUT2D eigenvalue weighted by Gasteiger charge is -2.00. The quantitative estimate of drug-likeness (QED) is 0.666. The molecule has 0 radical (unpaired) electrons. The van der Waals surface area contributed by atoms with Crippen molar-refractivity contribution in [2.45, 2.75) is 13.8 Å². The third-order valence-corrected chi connectivity index (χ3v) is 3.57. The van der Waals surface area contributed by atoms with Gasteiger partial charge < -0.3 is 0 Å². The number of nitrogens with zero attached hydrogens (tertiary/aromatic N) is 1. The van der Waals surface area contributed by atoms with E-state index in [1.807, 2.05) is 44.2 Å². The van der Waals surface area contributed by atoms with Gasteiger partial charge in [0, 0.05) is 10.4 Å². The summed E-state index contributed by atoms with van der Waals surface area (Å²) >= 11 is 1.66. The van der Waals surface area contributed by atoms with E-state index in [1.54, 1.807) is 23.5 Å². The number of carbonyl (C=O) groups excluding carboxylic acids is 1. The zero-order valence-electron chi connectivity index (χ0n) is 10.3. The molecule has 0 spiro atoms. The number of thiophene rings is 1. The lowest BCUT2D eigenvalue weighted by Crippen LogP contribution is -2.18. The highest BCUT2D eigenvalue weighted by molar-refractivity contribution is 7.14. The maximum atomic E-state index is 11.8. The summed E-state index contributed by atoms with van der Waals surface area (Å²) in [7, 11) is 0. The topological polar surface area (TPSA) is 41.5 Å². The molecule has 0 aliphatic rings. The first kappa shape index (κ1) is 12.5. The van der Waals surface area contributed by atoms with Gasteiger partial charge in [0.2, 0.25) is 0 Å². The van der Waals surface area contributed by atoms with Crippen LogP contribution in [0.1, 0.15) is 27.0 Å². The van der Waals surface area contributed by atoms with Crippen LogP contribution in [0.2, 0.25) is 0 Å². The van der Waals surface area contributed by atoms with E-state index < -0.39 is 0 Å². The van der Waals surface area contributed by atoms with Gasteiger partial charge >= 0.3 is 0 Å². The highest BCUT2D eigenvalue weighted by atomic mass is 32.1. The predicted molar refractivity (Wildman–Crippen MR) is 75.2 cm³/mol. The number of hydrogen-bond donors (Lipinski definition) is 1. The first-order chi connectivity index (χ1) is 8.66. The van der Waals surface area contributed by atoms with Gasteiger partial charge in [0.05, 0.1) is 10.6 Å². The lowest BCUT2D eigenvalue weighted by molar-refractivity contribution is 0.0955. The number of aryl methyl sites for hydroxylation is 1. The molecule has 1 amide bonds. The van der Waals surface area contributed by atoms with Gasteiger partial charge in [-0.2, -0.15) is 5.10 Å². The molecule has 0 aliphatic carbocycles. The minimum absolute atomic E-state index is 0.191. The van der Waals surface area contributed by atoms with Crippen LogP contribution in [0.15, 0.2) is 47.6 Å². The Bertz CT molecular complexity index is 572. The molecule has 0 fully saturated rings. The summed E-state index contributed by atoms with van der Waals surface area (Å²) in [5.74, 6) is -0.191. The minimum atomic E-state index is -0.191. The Morgan fingerprint density at radius 3 is 2.50 bits per heavy atom. The van der Waals surface area contributed by atoms with Gasteiger partial charge in [-0.05, 0) is 38.1 Å². The van der Waals surface area contributed by atoms with Crippen LogP contribution in [0.4, 0.5) is 0 Å². The third-order valence-electron chi connectivity index (χ3n) is 2.46. The molecule has 4 heteroatoms. The Hall–Kier alpha value is -1.94. The largest absolute Gasteiger partial charge is 0.271 e. The molecular weight excluding hydrogens is 244 g/mol. The number of nitrogens with one attached hydrogen (secondary N) is 1. The molecule has 0 saturated heterocycles. The molecule has 0 atom stereocenters. The van der Waals surface area contributed by atoms with Crippen molar-refractivity contribution in [1.29, 1.82) is 0 Å². The van der Waals surface area contributed by atoms with Crippen molar-refractivity contribution in [1.82, 2.24) is 5.43 Å². The van der Waals surface area contributed by atoms with Crippen LogP contribution in [0.25, 0.3) is 0 Å². The first-order valence-corrected chi connectivity index (χ1v) is 6.45. The third kappa shape index (κ3) is 3.05. The highest BCUT2D eigenvalue weighted by Crippen LogP contribution is 2.15. The van der Waals surface area contributed by atoms with E-state index in [-0.39, 0.29) is 5.91 Å². The summed E-state index contributed by atoms with van der Waals surface area (Å²) in [5.41, 5.74) is 3.99. The Kier molecular flexibility index (Phi) is 3.89. The van der Waals surface area contributed by atoms with Crippen molar-refractivity contribution < 1.29 is 4.79 Å². The van der Waals surface area contributed by atoms with Crippen LogP contribution in [-0.4, -0.2) is 11.6 Å². The molecule has 0 unspecified atom stereocenters. The smallest absolute Gasteiger partial charge is 0.267 e. The molecule has 0 bridgehead atoms. The second-order valence-corrected chi connectivity index (χ2v) is 5.20. The van der Waals surface area contributed by atoms with Crippen LogP contribution in [0.3, 0.4) is 0 Å². The average Bonchev–Trinajstić information content (AvgIpc) is 2.83. The number of hydrazone groups is 1. The van der Waals surface area contributed by atoms with Crippen LogP contribution in [0, 0.1) is 6.92 Å². The number of hydrogen-bond acceptors (Lipinski definition) is 3. The van der Waals surface area contributed by atoms with Gasteiger partial charge in [0.1, 0.15) is 0 Å². The first-order valence-electron chi connectivity index (χ1n) is 5.63. The molecule has 92 valence electrons. The van der Waals surface area contributed by atoms with E-state index in [0.29, 0.717) is 5.56 Å². The van der Waals surface area contributed by atoms with Crippen molar-refractivity contribution in [3.8, 4) is 0 Å². The summed E-state index contributed by atoms with van der Waals surface area (Å²) in [6, 6.07) is 13.1. The SMILES string of the molecule is CC(=NNC(=O)c1ccccc1)c1ccc(C)s1. The van der Waals surface area contributed by atoms with E-state index >= 15 is 0 Å². The Labute approximate surface area is 110 Å². The maximum absolute atomic E-state index is 11.8. The molecule has 0 aliphatic heterocycles. The van der Waals surface area contributed by atoms with Gasteiger partial charge in [-0.3, -0.25) is 4.79 Å². The summed E-state index contributed by atoms with van der Waals surface area (Å²) in [6.45, 7) is 3.93. The van der Waals surface area contributed by atoms with Crippen LogP contribution >= 0.6 is 11.3 Å². The van der Waals surface area contributed by atoms with E-state index in [1.165, 1.54) is 4.88 Å². The zero-order valence-corrected chi connectivity index (χ0v) is 11.1. The zero-order chi connectivity index (χ0) is 13.0. The molecule has 3 nitrogen and oxygen atoms in total. The second-order valence-electron chi connectivity index (χ2n) is 3.91. The van der Waals surface area contributed by atoms with E-state index in [2.05, 4.69) is 10.5 Å². The molecule has 2 rings (SSSR count). The van der Waals surface area contributed by atoms with Crippen molar-refractivity contribution in [2.75, 3.05) is 0 Å². The maximum Gasteiger partial charge on any atom is 0.271 e. The molecular formula is C14H14N2OS. The number of benzene rings is 1. The van der Waals surface area contributed by atoms with Gasteiger partial charge in [0.25, 0.3) is 5.91 Å². The van der Waals surface area contributed by atoms with Gasteiger partial charge in [0.15, 0.2) is 0 Å². The van der Waals surface area contributed by atoms with Crippen molar-refractivity contribution >= 4 is 23.0 Å². The van der Waals surface area contributed by atoms with Crippen LogP contribution in [-0.2, 0) is 0 Å². The summed E-state index contributed by atoms with van der Waals surface area (Å²) in [5, 5.41) is 4.11. The molecule has 18 heavy (non-hydrogen) atoms. The van der Waals surface area contributed by atoms with Gasteiger partial charge in [-0.15, -0.1) is 11.3 Å². The van der Waals surface area contributed by atoms with E-state index in [9.17, 15) is 4.79 Å². The van der Waals surface area contributed by atoms with Crippen LogP contribution in [0.5, 0.6) is 0 Å². The fourth-order valence-corrected chi connectivity index (χ4v) is 2.29. The van der Waals surface area contributed by atoms with Crippen LogP contribution < -0.4 is 5.43 Å². The minimum Gasteiger partial charge on any atom is -0.267 e. The monoisotopic (exact) mass is 258 g/mol. The molecule has 2 aromatic rings. The lowest BCUT2D eigenvalue weighted by atomic mass is 10.2. The van der Waals surface area contributed by atoms with E-state index in [0.717, 1.165) is 10.6 Å². The van der Waals surface area contributed by atoms with Crippen molar-refractivity contribution in [3.63, 3.8) is 0 Å². The Balaban J connectivity index is 2.05. The molecule has 1 aromatic carbocycles. The fourth-order valence-electron chi connectivity index (χ4n) is 1.47. The molecule has 1 N–H and O–H groups in total. The molecule has 1 aromatic heterocycles. The van der Waals surface area contributed by atoms with Crippen molar-refractivity contribution in [3.05, 3.63) is 57.8 Å². The molecule has 0 saturated carbocycles. The number of amides is 1. The average molecular weight is 258 g/mol. The Morgan fingerprint density at radius 1 is 1.17 bits per heavy atom. The fraction of sp³-hybridized carbons (Fsp3) is 0.143. The summed E-state index contributed by atoms with van der Waals surface area (Å²) < 4.78 is 0. The van der Waals surface area contributed by atoms with Crippen molar-refractivity contribution in [2.24, 2.45) is 5.10 Å². The van der Waals surface area contributed by atoms with E-state index in [4.69, 9.17) is 0 Å².